The van der Waals surface area contributed by atoms with Crippen LogP contribution in [-0.2, 0) is 4.74 Å². The van der Waals surface area contributed by atoms with Crippen LogP contribution in [0.3, 0.4) is 0 Å². The number of thioether (sulfide) groups is 1. The zero-order valence-electron chi connectivity index (χ0n) is 14.2. The van der Waals surface area contributed by atoms with E-state index in [4.69, 9.17) is 4.74 Å². The molecule has 1 aliphatic carbocycles. The number of hydrogen-bond donors (Lipinski definition) is 2. The summed E-state index contributed by atoms with van der Waals surface area (Å²) in [5.41, 5.74) is 0. The normalized spacial score (nSPS) is 16.4. The van der Waals surface area contributed by atoms with Crippen molar-refractivity contribution in [2.75, 3.05) is 53.2 Å². The molecule has 124 valence electrons. The molecule has 5 nitrogen and oxygen atoms in total. The number of nitrogens with one attached hydrogen (secondary N) is 2. The number of ether oxygens (including phenoxy) is 1. The quantitative estimate of drug-likeness (QED) is 0.471. The lowest BCUT2D eigenvalue weighted by molar-refractivity contribution is 0.144. The van der Waals surface area contributed by atoms with Crippen LogP contribution >= 0.6 is 11.8 Å². The van der Waals surface area contributed by atoms with Crippen LogP contribution in [0.25, 0.3) is 0 Å². The van der Waals surface area contributed by atoms with E-state index in [2.05, 4.69) is 40.6 Å². The van der Waals surface area contributed by atoms with Crippen LogP contribution in [0.5, 0.6) is 0 Å². The monoisotopic (exact) mass is 316 g/mol. The summed E-state index contributed by atoms with van der Waals surface area (Å²) in [5.74, 6) is 0.889. The molecule has 0 amide bonds. The van der Waals surface area contributed by atoms with Crippen molar-refractivity contribution in [3.63, 3.8) is 0 Å². The first-order chi connectivity index (χ1) is 10.0. The van der Waals surface area contributed by atoms with Gasteiger partial charge in [0.05, 0.1) is 6.61 Å². The topological polar surface area (TPSA) is 48.9 Å². The van der Waals surface area contributed by atoms with Gasteiger partial charge in [0.2, 0.25) is 0 Å². The van der Waals surface area contributed by atoms with Crippen LogP contribution in [0.1, 0.15) is 26.7 Å². The van der Waals surface area contributed by atoms with Crippen molar-refractivity contribution in [1.29, 1.82) is 0 Å². The van der Waals surface area contributed by atoms with Gasteiger partial charge in [0.1, 0.15) is 0 Å². The van der Waals surface area contributed by atoms with Crippen LogP contribution in [0.4, 0.5) is 0 Å². The maximum absolute atomic E-state index is 5.19. The minimum atomic E-state index is 0.218. The van der Waals surface area contributed by atoms with E-state index in [1.807, 2.05) is 18.8 Å². The average molecular weight is 317 g/mol. The van der Waals surface area contributed by atoms with E-state index in [-0.39, 0.29) is 4.75 Å². The van der Waals surface area contributed by atoms with Gasteiger partial charge < -0.3 is 15.4 Å². The molecule has 21 heavy (non-hydrogen) atoms. The minimum Gasteiger partial charge on any atom is -0.383 e. The summed E-state index contributed by atoms with van der Waals surface area (Å²) in [5, 5.41) is 6.80. The summed E-state index contributed by atoms with van der Waals surface area (Å²) in [6, 6.07) is 0.771. The van der Waals surface area contributed by atoms with Crippen LogP contribution < -0.4 is 10.6 Å². The van der Waals surface area contributed by atoms with Crippen molar-refractivity contribution in [2.45, 2.75) is 37.5 Å². The van der Waals surface area contributed by atoms with Gasteiger partial charge in [0.25, 0.3) is 0 Å². The summed E-state index contributed by atoms with van der Waals surface area (Å²) in [6.45, 7) is 9.17. The second-order valence-corrected chi connectivity index (χ2v) is 7.59. The first-order valence-electron chi connectivity index (χ1n) is 7.75. The Hall–Kier alpha value is -0.460. The van der Waals surface area contributed by atoms with E-state index in [0.717, 1.165) is 44.8 Å². The highest BCUT2D eigenvalue weighted by atomic mass is 32.2. The van der Waals surface area contributed by atoms with Crippen LogP contribution in [0, 0.1) is 0 Å². The van der Waals surface area contributed by atoms with Crippen molar-refractivity contribution < 1.29 is 4.74 Å². The molecule has 6 heteroatoms. The fourth-order valence-electron chi connectivity index (χ4n) is 2.03. The molecular formula is C15H32N4OS. The molecule has 0 heterocycles. The molecule has 0 aliphatic heterocycles. The standard InChI is InChI=1S/C15H32N4OS/c1-15(2,21-5)12-18-14(16-3)17-8-9-19(10-11-20-4)13-6-7-13/h13H,6-12H2,1-5H3,(H2,16,17,18). The average Bonchev–Trinajstić information content (AvgIpc) is 3.30. The Bertz CT molecular complexity index is 319. The highest BCUT2D eigenvalue weighted by Crippen LogP contribution is 2.26. The van der Waals surface area contributed by atoms with Crippen LogP contribution in [0.15, 0.2) is 4.99 Å². The first kappa shape index (κ1) is 18.6. The third-order valence-electron chi connectivity index (χ3n) is 3.80. The summed E-state index contributed by atoms with van der Waals surface area (Å²) < 4.78 is 5.41. The van der Waals surface area contributed by atoms with E-state index < -0.39 is 0 Å². The largest absolute Gasteiger partial charge is 0.383 e. The van der Waals surface area contributed by atoms with Gasteiger partial charge in [-0.25, -0.2) is 0 Å². The number of nitrogens with zero attached hydrogens (tertiary/aromatic N) is 2. The number of methoxy groups -OCH3 is 1. The fourth-order valence-corrected chi connectivity index (χ4v) is 2.25. The Morgan fingerprint density at radius 3 is 2.57 bits per heavy atom. The summed E-state index contributed by atoms with van der Waals surface area (Å²) >= 11 is 1.86. The molecule has 2 N–H and O–H groups in total. The van der Waals surface area contributed by atoms with Crippen molar-refractivity contribution in [3.05, 3.63) is 0 Å². The van der Waals surface area contributed by atoms with Gasteiger partial charge in [-0.2, -0.15) is 11.8 Å². The smallest absolute Gasteiger partial charge is 0.191 e. The van der Waals surface area contributed by atoms with Crippen LogP contribution in [0.2, 0.25) is 0 Å². The Labute approximate surface area is 134 Å². The second kappa shape index (κ2) is 9.54. The third-order valence-corrected chi connectivity index (χ3v) is 5.04. The zero-order chi connectivity index (χ0) is 15.7. The van der Waals surface area contributed by atoms with Gasteiger partial charge in [-0.15, -0.1) is 0 Å². The number of aliphatic imine (C=N–C) groups is 1. The molecule has 0 bridgehead atoms. The maximum Gasteiger partial charge on any atom is 0.191 e. The Balaban J connectivity index is 2.24. The first-order valence-corrected chi connectivity index (χ1v) is 8.97. The van der Waals surface area contributed by atoms with Gasteiger partial charge in [-0.3, -0.25) is 9.89 Å². The molecule has 0 unspecified atom stereocenters. The molecule has 0 aromatic heterocycles. The molecule has 0 saturated heterocycles. The summed E-state index contributed by atoms with van der Waals surface area (Å²) in [6.07, 6.45) is 4.80. The van der Waals surface area contributed by atoms with Crippen molar-refractivity contribution in [2.24, 2.45) is 4.99 Å². The molecular weight excluding hydrogens is 284 g/mol. The minimum absolute atomic E-state index is 0.218. The van der Waals surface area contributed by atoms with Gasteiger partial charge in [-0.05, 0) is 32.9 Å². The van der Waals surface area contributed by atoms with E-state index in [9.17, 15) is 0 Å². The van der Waals surface area contributed by atoms with Crippen LogP contribution in [-0.4, -0.2) is 74.8 Å². The number of hydrogen-bond acceptors (Lipinski definition) is 4. The van der Waals surface area contributed by atoms with Gasteiger partial charge >= 0.3 is 0 Å². The summed E-state index contributed by atoms with van der Waals surface area (Å²) in [4.78, 5) is 6.80. The predicted octanol–water partition coefficient (Wildman–Crippen LogP) is 1.40. The van der Waals surface area contributed by atoms with Gasteiger partial charge in [0.15, 0.2) is 5.96 Å². The van der Waals surface area contributed by atoms with E-state index in [0.29, 0.717) is 0 Å². The van der Waals surface area contributed by atoms with E-state index >= 15 is 0 Å². The number of guanidine groups is 1. The lowest BCUT2D eigenvalue weighted by Gasteiger charge is -2.25. The molecule has 1 rings (SSSR count). The highest BCUT2D eigenvalue weighted by Gasteiger charge is 2.28. The SMILES string of the molecule is CN=C(NCCN(CCOC)C1CC1)NCC(C)(C)SC. The fraction of sp³-hybridized carbons (Fsp3) is 0.933. The van der Waals surface area contributed by atoms with E-state index in [1.54, 1.807) is 7.11 Å². The molecule has 1 saturated carbocycles. The Morgan fingerprint density at radius 1 is 1.33 bits per heavy atom. The molecule has 0 aromatic rings. The van der Waals surface area contributed by atoms with Gasteiger partial charge in [-0.1, -0.05) is 0 Å². The molecule has 0 spiro atoms. The Morgan fingerprint density at radius 2 is 2.05 bits per heavy atom. The highest BCUT2D eigenvalue weighted by molar-refractivity contribution is 7.99. The van der Waals surface area contributed by atoms with Crippen molar-refractivity contribution >= 4 is 17.7 Å². The third kappa shape index (κ3) is 7.93. The lowest BCUT2D eigenvalue weighted by atomic mass is 10.2. The van der Waals surface area contributed by atoms with E-state index in [1.165, 1.54) is 12.8 Å². The predicted molar refractivity (Wildman–Crippen MR) is 93.4 cm³/mol. The van der Waals surface area contributed by atoms with Crippen molar-refractivity contribution in [3.8, 4) is 0 Å². The second-order valence-electron chi connectivity index (χ2n) is 6.08. The number of rotatable bonds is 10. The maximum atomic E-state index is 5.19. The molecule has 1 aliphatic rings. The summed E-state index contributed by atoms with van der Waals surface area (Å²) in [7, 11) is 3.59. The zero-order valence-corrected chi connectivity index (χ0v) is 15.1. The molecule has 1 fully saturated rings. The molecule has 0 aromatic carbocycles. The Kier molecular flexibility index (Phi) is 8.44. The molecule has 0 atom stereocenters. The van der Waals surface area contributed by atoms with Crippen molar-refractivity contribution in [1.82, 2.24) is 15.5 Å². The lowest BCUT2D eigenvalue weighted by Crippen LogP contribution is -2.46. The van der Waals surface area contributed by atoms with Gasteiger partial charge in [0, 0.05) is 51.1 Å². The molecule has 0 radical (unpaired) electrons.